The molecule has 0 atom stereocenters. The van der Waals surface area contributed by atoms with Gasteiger partial charge in [0.05, 0.1) is 11.2 Å². The first kappa shape index (κ1) is 15.0. The standard InChI is InChI=1S/C16H10BrF3N2/c1-9-2-4-10(5-3-9)14-12-8-11(17)6-7-13(12)21-15(22-14)16(18,19)20/h2-8H,1H3. The number of rotatable bonds is 1. The van der Waals surface area contributed by atoms with Gasteiger partial charge in [-0.2, -0.15) is 13.2 Å². The van der Waals surface area contributed by atoms with Crippen LogP contribution >= 0.6 is 15.9 Å². The number of fused-ring (bicyclic) bond motifs is 1. The van der Waals surface area contributed by atoms with E-state index in [0.717, 1.165) is 10.0 Å². The number of aromatic nitrogens is 2. The predicted molar refractivity (Wildman–Crippen MR) is 82.4 cm³/mol. The third-order valence-corrected chi connectivity index (χ3v) is 3.73. The number of aryl methyl sites for hydroxylation is 1. The van der Waals surface area contributed by atoms with Crippen LogP contribution in [0.25, 0.3) is 22.2 Å². The molecule has 1 heterocycles. The number of nitrogens with zero attached hydrogens (tertiary/aromatic N) is 2. The van der Waals surface area contributed by atoms with Crippen molar-refractivity contribution < 1.29 is 13.2 Å². The Balaban J connectivity index is 2.34. The maximum Gasteiger partial charge on any atom is 0.451 e. The summed E-state index contributed by atoms with van der Waals surface area (Å²) in [6.45, 7) is 1.92. The Morgan fingerprint density at radius 2 is 1.64 bits per heavy atom. The summed E-state index contributed by atoms with van der Waals surface area (Å²) in [5.74, 6) is -1.13. The molecule has 0 N–H and O–H groups in total. The van der Waals surface area contributed by atoms with E-state index in [4.69, 9.17) is 0 Å². The summed E-state index contributed by atoms with van der Waals surface area (Å²) >= 11 is 3.33. The third-order valence-electron chi connectivity index (χ3n) is 3.24. The van der Waals surface area contributed by atoms with Gasteiger partial charge in [-0.3, -0.25) is 0 Å². The molecule has 0 aliphatic heterocycles. The molecule has 0 spiro atoms. The molecule has 0 fully saturated rings. The number of benzene rings is 2. The number of hydrogen-bond donors (Lipinski definition) is 0. The fraction of sp³-hybridized carbons (Fsp3) is 0.125. The van der Waals surface area contributed by atoms with Crippen molar-refractivity contribution >= 4 is 26.8 Å². The number of alkyl halides is 3. The second kappa shape index (κ2) is 5.35. The van der Waals surface area contributed by atoms with Crippen molar-refractivity contribution in [1.82, 2.24) is 9.97 Å². The molecular weight excluding hydrogens is 357 g/mol. The van der Waals surface area contributed by atoms with E-state index in [2.05, 4.69) is 25.9 Å². The summed E-state index contributed by atoms with van der Waals surface area (Å²) in [4.78, 5) is 7.39. The highest BCUT2D eigenvalue weighted by molar-refractivity contribution is 9.10. The van der Waals surface area contributed by atoms with Crippen LogP contribution in [0.1, 0.15) is 11.4 Å². The van der Waals surface area contributed by atoms with Crippen molar-refractivity contribution in [3.8, 4) is 11.3 Å². The van der Waals surface area contributed by atoms with Crippen LogP contribution in [0.4, 0.5) is 13.2 Å². The van der Waals surface area contributed by atoms with Crippen LogP contribution in [0.3, 0.4) is 0 Å². The third kappa shape index (κ3) is 2.83. The van der Waals surface area contributed by atoms with Gasteiger partial charge < -0.3 is 0 Å². The van der Waals surface area contributed by atoms with Gasteiger partial charge in [0.15, 0.2) is 0 Å². The van der Waals surface area contributed by atoms with Gasteiger partial charge in [-0.05, 0) is 25.1 Å². The van der Waals surface area contributed by atoms with Crippen molar-refractivity contribution in [2.45, 2.75) is 13.1 Å². The van der Waals surface area contributed by atoms with Crippen molar-refractivity contribution in [3.63, 3.8) is 0 Å². The lowest BCUT2D eigenvalue weighted by Gasteiger charge is -2.11. The molecule has 0 aliphatic carbocycles. The van der Waals surface area contributed by atoms with Gasteiger partial charge in [-0.1, -0.05) is 45.8 Å². The van der Waals surface area contributed by atoms with Crippen molar-refractivity contribution in [1.29, 1.82) is 0 Å². The SMILES string of the molecule is Cc1ccc(-c2nc(C(F)(F)F)nc3ccc(Br)cc23)cc1. The Labute approximate surface area is 133 Å². The largest absolute Gasteiger partial charge is 0.451 e. The molecule has 2 nitrogen and oxygen atoms in total. The minimum atomic E-state index is -4.58. The molecule has 0 aliphatic rings. The van der Waals surface area contributed by atoms with Crippen LogP contribution in [0.15, 0.2) is 46.9 Å². The molecule has 2 aromatic carbocycles. The summed E-state index contributed by atoms with van der Waals surface area (Å²) in [6, 6.07) is 12.1. The minimum absolute atomic E-state index is 0.265. The topological polar surface area (TPSA) is 25.8 Å². The number of hydrogen-bond acceptors (Lipinski definition) is 2. The molecule has 1 aromatic heterocycles. The Kier molecular flexibility index (Phi) is 3.64. The van der Waals surface area contributed by atoms with Crippen LogP contribution in [-0.4, -0.2) is 9.97 Å². The van der Waals surface area contributed by atoms with Crippen molar-refractivity contribution in [2.75, 3.05) is 0 Å². The first-order chi connectivity index (χ1) is 10.3. The van der Waals surface area contributed by atoms with Gasteiger partial charge in [0.25, 0.3) is 0 Å². The zero-order valence-corrected chi connectivity index (χ0v) is 13.0. The zero-order chi connectivity index (χ0) is 15.9. The van der Waals surface area contributed by atoms with Gasteiger partial charge in [0, 0.05) is 15.4 Å². The monoisotopic (exact) mass is 366 g/mol. The molecule has 0 bridgehead atoms. The Hall–Kier alpha value is -1.95. The lowest BCUT2D eigenvalue weighted by atomic mass is 10.0. The maximum absolute atomic E-state index is 13.0. The van der Waals surface area contributed by atoms with E-state index in [0.29, 0.717) is 10.9 Å². The van der Waals surface area contributed by atoms with Crippen LogP contribution in [0.5, 0.6) is 0 Å². The normalized spacial score (nSPS) is 11.9. The van der Waals surface area contributed by atoms with Gasteiger partial charge in [0.2, 0.25) is 5.82 Å². The van der Waals surface area contributed by atoms with E-state index in [1.807, 2.05) is 19.1 Å². The van der Waals surface area contributed by atoms with Crippen LogP contribution < -0.4 is 0 Å². The molecule has 3 rings (SSSR count). The highest BCUT2D eigenvalue weighted by Crippen LogP contribution is 2.33. The molecule has 0 saturated heterocycles. The minimum Gasteiger partial charge on any atom is -0.224 e. The molecule has 6 heteroatoms. The summed E-state index contributed by atoms with van der Waals surface area (Å²) in [7, 11) is 0. The van der Waals surface area contributed by atoms with E-state index in [1.54, 1.807) is 30.3 Å². The van der Waals surface area contributed by atoms with E-state index in [1.165, 1.54) is 0 Å². The van der Waals surface area contributed by atoms with E-state index in [-0.39, 0.29) is 11.2 Å². The second-order valence-corrected chi connectivity index (χ2v) is 5.84. The first-order valence-corrected chi connectivity index (χ1v) is 7.25. The van der Waals surface area contributed by atoms with Crippen LogP contribution in [0, 0.1) is 6.92 Å². The lowest BCUT2D eigenvalue weighted by Crippen LogP contribution is -2.12. The molecule has 0 saturated carbocycles. The average Bonchev–Trinajstić information content (AvgIpc) is 2.46. The predicted octanol–water partition coefficient (Wildman–Crippen LogP) is 5.39. The van der Waals surface area contributed by atoms with E-state index in [9.17, 15) is 13.2 Å². The maximum atomic E-state index is 13.0. The Morgan fingerprint density at radius 3 is 2.27 bits per heavy atom. The molecule has 0 unspecified atom stereocenters. The summed E-state index contributed by atoms with van der Waals surface area (Å²) in [5.41, 5.74) is 2.20. The van der Waals surface area contributed by atoms with Gasteiger partial charge >= 0.3 is 6.18 Å². The smallest absolute Gasteiger partial charge is 0.224 e. The van der Waals surface area contributed by atoms with Crippen LogP contribution in [-0.2, 0) is 6.18 Å². The molecule has 0 amide bonds. The van der Waals surface area contributed by atoms with Gasteiger partial charge in [-0.25, -0.2) is 9.97 Å². The second-order valence-electron chi connectivity index (χ2n) is 4.92. The molecule has 22 heavy (non-hydrogen) atoms. The molecular formula is C16H10BrF3N2. The highest BCUT2D eigenvalue weighted by Gasteiger charge is 2.35. The first-order valence-electron chi connectivity index (χ1n) is 6.46. The Morgan fingerprint density at radius 1 is 0.955 bits per heavy atom. The van der Waals surface area contributed by atoms with Crippen molar-refractivity contribution in [2.24, 2.45) is 0 Å². The fourth-order valence-electron chi connectivity index (χ4n) is 2.16. The van der Waals surface area contributed by atoms with Gasteiger partial charge in [0.1, 0.15) is 0 Å². The van der Waals surface area contributed by atoms with E-state index >= 15 is 0 Å². The zero-order valence-electron chi connectivity index (χ0n) is 11.4. The van der Waals surface area contributed by atoms with Crippen LogP contribution in [0.2, 0.25) is 0 Å². The highest BCUT2D eigenvalue weighted by atomic mass is 79.9. The van der Waals surface area contributed by atoms with Crippen molar-refractivity contribution in [3.05, 3.63) is 58.3 Å². The fourth-order valence-corrected chi connectivity index (χ4v) is 2.52. The summed E-state index contributed by atoms with van der Waals surface area (Å²) in [6.07, 6.45) is -4.58. The number of halogens is 4. The molecule has 112 valence electrons. The van der Waals surface area contributed by atoms with Gasteiger partial charge in [-0.15, -0.1) is 0 Å². The summed E-state index contributed by atoms with van der Waals surface area (Å²) < 4.78 is 39.8. The Bertz CT molecular complexity index is 842. The van der Waals surface area contributed by atoms with E-state index < -0.39 is 12.0 Å². The lowest BCUT2D eigenvalue weighted by molar-refractivity contribution is -0.144. The molecule has 0 radical (unpaired) electrons. The quantitative estimate of drug-likeness (QED) is 0.577. The molecule has 3 aromatic rings. The summed E-state index contributed by atoms with van der Waals surface area (Å²) in [5, 5.41) is 0.575. The average molecular weight is 367 g/mol.